The largest absolute Gasteiger partial charge is 0.340 e. The van der Waals surface area contributed by atoms with E-state index in [-0.39, 0.29) is 5.54 Å². The van der Waals surface area contributed by atoms with Gasteiger partial charge in [0.15, 0.2) is 5.82 Å². The van der Waals surface area contributed by atoms with E-state index in [1.165, 1.54) is 0 Å². The highest BCUT2D eigenvalue weighted by atomic mass is 32.2. The summed E-state index contributed by atoms with van der Waals surface area (Å²) >= 11 is 1.72. The molecule has 1 rings (SSSR count). The van der Waals surface area contributed by atoms with E-state index in [4.69, 9.17) is 10.3 Å². The molecule has 0 aromatic carbocycles. The smallest absolute Gasteiger partial charge is 0.223 e. The number of hydrogen-bond acceptors (Lipinski definition) is 5. The van der Waals surface area contributed by atoms with Crippen molar-refractivity contribution in [2.45, 2.75) is 32.1 Å². The van der Waals surface area contributed by atoms with Crippen LogP contribution in [0.3, 0.4) is 0 Å². The fourth-order valence-electron chi connectivity index (χ4n) is 0.805. The molecule has 0 amide bonds. The predicted molar refractivity (Wildman–Crippen MR) is 53.5 cm³/mol. The first-order chi connectivity index (χ1) is 5.97. The lowest BCUT2D eigenvalue weighted by Gasteiger charge is -2.16. The average Bonchev–Trinajstić information content (AvgIpc) is 2.33. The molecule has 1 aromatic rings. The number of aromatic nitrogens is 2. The number of nitrogens with zero attached hydrogens (tertiary/aromatic N) is 2. The Hall–Kier alpha value is -0.550. The second-order valence-corrected chi connectivity index (χ2v) is 4.70. The van der Waals surface area contributed by atoms with Crippen LogP contribution in [0, 0.1) is 6.92 Å². The van der Waals surface area contributed by atoms with Crippen LogP contribution >= 0.6 is 11.8 Å². The van der Waals surface area contributed by atoms with Crippen LogP contribution in [-0.2, 0) is 5.75 Å². The highest BCUT2D eigenvalue weighted by molar-refractivity contribution is 7.98. The summed E-state index contributed by atoms with van der Waals surface area (Å²) in [5, 5.41) is 3.79. The molecule has 4 nitrogen and oxygen atoms in total. The van der Waals surface area contributed by atoms with Crippen molar-refractivity contribution in [3.05, 3.63) is 11.7 Å². The molecule has 0 unspecified atom stereocenters. The predicted octanol–water partition coefficient (Wildman–Crippen LogP) is 1.35. The van der Waals surface area contributed by atoms with Crippen LogP contribution in [0.25, 0.3) is 0 Å². The monoisotopic (exact) mass is 201 g/mol. The van der Waals surface area contributed by atoms with Crippen LogP contribution in [0.4, 0.5) is 0 Å². The molecule has 5 heteroatoms. The minimum Gasteiger partial charge on any atom is -0.340 e. The molecule has 13 heavy (non-hydrogen) atoms. The Morgan fingerprint density at radius 2 is 2.23 bits per heavy atom. The van der Waals surface area contributed by atoms with Gasteiger partial charge in [0.25, 0.3) is 0 Å². The summed E-state index contributed by atoms with van der Waals surface area (Å²) in [6, 6.07) is 0. The van der Waals surface area contributed by atoms with Gasteiger partial charge >= 0.3 is 0 Å². The first-order valence-electron chi connectivity index (χ1n) is 4.13. The van der Waals surface area contributed by atoms with Crippen molar-refractivity contribution < 1.29 is 4.52 Å². The van der Waals surface area contributed by atoms with E-state index in [0.29, 0.717) is 5.89 Å². The van der Waals surface area contributed by atoms with Gasteiger partial charge in [-0.1, -0.05) is 5.16 Å². The van der Waals surface area contributed by atoms with Crippen LogP contribution in [0.5, 0.6) is 0 Å². The van der Waals surface area contributed by atoms with Gasteiger partial charge < -0.3 is 10.3 Å². The van der Waals surface area contributed by atoms with Crippen molar-refractivity contribution in [1.82, 2.24) is 10.1 Å². The number of aryl methyl sites for hydroxylation is 1. The third kappa shape index (κ3) is 4.28. The highest BCUT2D eigenvalue weighted by Crippen LogP contribution is 2.14. The first-order valence-corrected chi connectivity index (χ1v) is 5.29. The second-order valence-electron chi connectivity index (χ2n) is 3.71. The minimum atomic E-state index is -0.135. The second kappa shape index (κ2) is 4.11. The molecule has 0 aliphatic rings. The van der Waals surface area contributed by atoms with Crippen LogP contribution in [-0.4, -0.2) is 21.4 Å². The number of hydrogen-bond donors (Lipinski definition) is 1. The standard InChI is InChI=1S/C8H15N3OS/c1-6-10-7(11-12-6)4-13-5-8(2,3)9/h4-5,9H2,1-3H3. The molecule has 0 spiro atoms. The molecule has 0 radical (unpaired) electrons. The van der Waals surface area contributed by atoms with Crippen molar-refractivity contribution in [2.75, 3.05) is 5.75 Å². The van der Waals surface area contributed by atoms with Gasteiger partial charge in [0, 0.05) is 18.2 Å². The van der Waals surface area contributed by atoms with Crippen LogP contribution in [0.15, 0.2) is 4.52 Å². The quantitative estimate of drug-likeness (QED) is 0.796. The normalized spacial score (nSPS) is 12.0. The van der Waals surface area contributed by atoms with Gasteiger partial charge in [-0.3, -0.25) is 0 Å². The zero-order valence-electron chi connectivity index (χ0n) is 8.20. The Kier molecular flexibility index (Phi) is 3.33. The summed E-state index contributed by atoms with van der Waals surface area (Å²) < 4.78 is 4.84. The number of rotatable bonds is 4. The number of nitrogens with two attached hydrogens (primary N) is 1. The molecular formula is C8H15N3OS. The Morgan fingerprint density at radius 1 is 1.54 bits per heavy atom. The zero-order valence-corrected chi connectivity index (χ0v) is 9.02. The summed E-state index contributed by atoms with van der Waals surface area (Å²) in [4.78, 5) is 4.09. The lowest BCUT2D eigenvalue weighted by Crippen LogP contribution is -2.34. The van der Waals surface area contributed by atoms with Gasteiger partial charge in [-0.05, 0) is 13.8 Å². The van der Waals surface area contributed by atoms with Gasteiger partial charge in [-0.15, -0.1) is 0 Å². The fraction of sp³-hybridized carbons (Fsp3) is 0.750. The van der Waals surface area contributed by atoms with E-state index in [2.05, 4.69) is 10.1 Å². The van der Waals surface area contributed by atoms with E-state index in [9.17, 15) is 0 Å². The molecule has 1 aromatic heterocycles. The molecule has 0 atom stereocenters. The maximum Gasteiger partial charge on any atom is 0.223 e. The highest BCUT2D eigenvalue weighted by Gasteiger charge is 2.11. The van der Waals surface area contributed by atoms with Crippen molar-refractivity contribution in [1.29, 1.82) is 0 Å². The van der Waals surface area contributed by atoms with Crippen molar-refractivity contribution in [3.63, 3.8) is 0 Å². The van der Waals surface area contributed by atoms with Crippen LogP contribution in [0.2, 0.25) is 0 Å². The molecule has 0 aliphatic carbocycles. The van der Waals surface area contributed by atoms with Gasteiger partial charge in [-0.2, -0.15) is 16.7 Å². The Morgan fingerprint density at radius 3 is 2.69 bits per heavy atom. The maximum atomic E-state index is 5.82. The lowest BCUT2D eigenvalue weighted by molar-refractivity contribution is 0.389. The van der Waals surface area contributed by atoms with E-state index in [0.717, 1.165) is 17.3 Å². The SMILES string of the molecule is Cc1nc(CSCC(C)(C)N)no1. The molecule has 0 bridgehead atoms. The average molecular weight is 201 g/mol. The Bertz CT molecular complexity index is 267. The van der Waals surface area contributed by atoms with Crippen molar-refractivity contribution in [3.8, 4) is 0 Å². The van der Waals surface area contributed by atoms with Crippen molar-refractivity contribution >= 4 is 11.8 Å². The van der Waals surface area contributed by atoms with Gasteiger partial charge in [0.1, 0.15) is 0 Å². The molecule has 1 heterocycles. The van der Waals surface area contributed by atoms with Crippen LogP contribution in [0.1, 0.15) is 25.6 Å². The molecule has 0 aliphatic heterocycles. The van der Waals surface area contributed by atoms with E-state index < -0.39 is 0 Å². The number of thioether (sulfide) groups is 1. The molecule has 74 valence electrons. The maximum absolute atomic E-state index is 5.82. The molecule has 0 saturated carbocycles. The third-order valence-corrected chi connectivity index (χ3v) is 2.69. The molecule has 0 fully saturated rings. The molecule has 0 saturated heterocycles. The van der Waals surface area contributed by atoms with Gasteiger partial charge in [0.05, 0.1) is 5.75 Å². The summed E-state index contributed by atoms with van der Waals surface area (Å²) in [7, 11) is 0. The fourth-order valence-corrected chi connectivity index (χ4v) is 1.73. The molecular weight excluding hydrogens is 186 g/mol. The van der Waals surface area contributed by atoms with E-state index >= 15 is 0 Å². The van der Waals surface area contributed by atoms with Gasteiger partial charge in [0.2, 0.25) is 5.89 Å². The summed E-state index contributed by atoms with van der Waals surface area (Å²) in [5.41, 5.74) is 5.68. The molecule has 2 N–H and O–H groups in total. The third-order valence-electron chi connectivity index (χ3n) is 1.27. The minimum absolute atomic E-state index is 0.135. The lowest BCUT2D eigenvalue weighted by atomic mass is 10.1. The summed E-state index contributed by atoms with van der Waals surface area (Å²) in [6.07, 6.45) is 0. The van der Waals surface area contributed by atoms with Gasteiger partial charge in [-0.25, -0.2) is 0 Å². The summed E-state index contributed by atoms with van der Waals surface area (Å²) in [5.74, 6) is 3.01. The van der Waals surface area contributed by atoms with E-state index in [1.807, 2.05) is 13.8 Å². The first kappa shape index (κ1) is 10.5. The topological polar surface area (TPSA) is 64.9 Å². The Balaban J connectivity index is 2.28. The van der Waals surface area contributed by atoms with Crippen molar-refractivity contribution in [2.24, 2.45) is 5.73 Å². The van der Waals surface area contributed by atoms with E-state index in [1.54, 1.807) is 18.7 Å². The zero-order chi connectivity index (χ0) is 9.90. The summed E-state index contributed by atoms with van der Waals surface area (Å²) in [6.45, 7) is 5.79. The Labute approximate surface area is 82.3 Å². The van der Waals surface area contributed by atoms with Crippen LogP contribution < -0.4 is 5.73 Å².